The van der Waals surface area contributed by atoms with Crippen molar-refractivity contribution >= 4 is 45.5 Å². The largest absolute Gasteiger partial charge is 0.508 e. The molecule has 1 aromatic carbocycles. The van der Waals surface area contributed by atoms with E-state index in [0.717, 1.165) is 9.13 Å². The van der Waals surface area contributed by atoms with E-state index in [9.17, 15) is 10.2 Å². The smallest absolute Gasteiger partial charge is 0.226 e. The lowest BCUT2D eigenvalue weighted by Gasteiger charge is -2.18. The van der Waals surface area contributed by atoms with Crippen molar-refractivity contribution in [1.82, 2.24) is 19.5 Å². The minimum absolute atomic E-state index is 0.226. The summed E-state index contributed by atoms with van der Waals surface area (Å²) in [7, 11) is 1.86. The van der Waals surface area contributed by atoms with E-state index in [2.05, 4.69) is 48.2 Å². The third-order valence-electron chi connectivity index (χ3n) is 3.73. The van der Waals surface area contributed by atoms with Gasteiger partial charge in [-0.15, -0.1) is 0 Å². The summed E-state index contributed by atoms with van der Waals surface area (Å²) in [4.78, 5) is 13.3. The van der Waals surface area contributed by atoms with Gasteiger partial charge in [0.1, 0.15) is 5.75 Å². The van der Waals surface area contributed by atoms with Crippen molar-refractivity contribution in [3.8, 4) is 5.75 Å². The van der Waals surface area contributed by atoms with Crippen molar-refractivity contribution in [2.75, 3.05) is 17.2 Å². The average molecular weight is 468 g/mol. The molecule has 0 radical (unpaired) electrons. The van der Waals surface area contributed by atoms with Gasteiger partial charge in [0.15, 0.2) is 17.0 Å². The van der Waals surface area contributed by atoms with Gasteiger partial charge in [-0.25, -0.2) is 4.98 Å². The summed E-state index contributed by atoms with van der Waals surface area (Å²) in [5.41, 5.74) is 1.20. The molecule has 26 heavy (non-hydrogen) atoms. The standard InChI is InChI=1S/C17H21IN6O2/c1-17(2,26)8-20-16-22-14(13-15(23-16)24(3)9-21-13)19-7-10-6-11(18)4-5-12(10)25/h4-6,9,25-26H,7-8H2,1-3H3,(H2,19,20,22,23). The van der Waals surface area contributed by atoms with Gasteiger partial charge >= 0.3 is 0 Å². The quantitative estimate of drug-likeness (QED) is 0.412. The number of anilines is 2. The Morgan fingerprint density at radius 3 is 2.73 bits per heavy atom. The van der Waals surface area contributed by atoms with Gasteiger partial charge in [0.05, 0.1) is 11.9 Å². The van der Waals surface area contributed by atoms with Gasteiger partial charge < -0.3 is 25.4 Å². The van der Waals surface area contributed by atoms with Gasteiger partial charge in [-0.2, -0.15) is 9.97 Å². The second-order valence-corrected chi connectivity index (χ2v) is 7.96. The first-order chi connectivity index (χ1) is 12.2. The molecule has 3 aromatic rings. The molecule has 3 rings (SSSR count). The number of halogens is 1. The molecule has 9 heteroatoms. The number of hydrogen-bond donors (Lipinski definition) is 4. The number of aromatic hydroxyl groups is 1. The number of benzene rings is 1. The Hall–Kier alpha value is -2.14. The van der Waals surface area contributed by atoms with Crippen LogP contribution in [0.3, 0.4) is 0 Å². The van der Waals surface area contributed by atoms with E-state index in [0.29, 0.717) is 36.0 Å². The van der Waals surface area contributed by atoms with E-state index in [4.69, 9.17) is 0 Å². The lowest BCUT2D eigenvalue weighted by molar-refractivity contribution is 0.0943. The molecule has 0 bridgehead atoms. The maximum Gasteiger partial charge on any atom is 0.226 e. The number of aryl methyl sites for hydroxylation is 1. The molecule has 0 aliphatic rings. The van der Waals surface area contributed by atoms with Crippen LogP contribution in [0.15, 0.2) is 24.5 Å². The summed E-state index contributed by atoms with van der Waals surface area (Å²) in [6, 6.07) is 5.43. The highest BCUT2D eigenvalue weighted by molar-refractivity contribution is 14.1. The van der Waals surface area contributed by atoms with Crippen LogP contribution in [-0.4, -0.2) is 41.9 Å². The summed E-state index contributed by atoms with van der Waals surface area (Å²) in [6.07, 6.45) is 1.67. The van der Waals surface area contributed by atoms with Gasteiger partial charge in [0.2, 0.25) is 5.95 Å². The Kier molecular flexibility index (Phi) is 5.19. The van der Waals surface area contributed by atoms with Crippen LogP contribution in [-0.2, 0) is 13.6 Å². The Morgan fingerprint density at radius 2 is 2.00 bits per heavy atom. The van der Waals surface area contributed by atoms with Crippen molar-refractivity contribution in [2.24, 2.45) is 7.05 Å². The second kappa shape index (κ2) is 7.23. The molecule has 0 fully saturated rings. The van der Waals surface area contributed by atoms with Crippen molar-refractivity contribution < 1.29 is 10.2 Å². The number of phenolic OH excluding ortho intramolecular Hbond substituents is 1. The van der Waals surface area contributed by atoms with E-state index >= 15 is 0 Å². The van der Waals surface area contributed by atoms with E-state index in [1.54, 1.807) is 30.8 Å². The molecular weight excluding hydrogens is 447 g/mol. The lowest BCUT2D eigenvalue weighted by Crippen LogP contribution is -2.30. The van der Waals surface area contributed by atoms with Gasteiger partial charge in [-0.05, 0) is 54.6 Å². The van der Waals surface area contributed by atoms with Crippen LogP contribution < -0.4 is 10.6 Å². The van der Waals surface area contributed by atoms with Crippen LogP contribution in [0.25, 0.3) is 11.2 Å². The predicted octanol–water partition coefficient (Wildman–Crippen LogP) is 2.47. The van der Waals surface area contributed by atoms with Crippen LogP contribution in [0.4, 0.5) is 11.8 Å². The number of nitrogens with one attached hydrogen (secondary N) is 2. The predicted molar refractivity (Wildman–Crippen MR) is 109 cm³/mol. The third kappa shape index (κ3) is 4.33. The lowest BCUT2D eigenvalue weighted by atomic mass is 10.1. The van der Waals surface area contributed by atoms with Crippen molar-refractivity contribution in [3.05, 3.63) is 33.7 Å². The fraction of sp³-hybridized carbons (Fsp3) is 0.353. The van der Waals surface area contributed by atoms with Gasteiger partial charge in [-0.1, -0.05) is 0 Å². The molecule has 2 heterocycles. The van der Waals surface area contributed by atoms with E-state index in [1.807, 2.05) is 19.2 Å². The molecule has 0 saturated carbocycles. The molecular formula is C17H21IN6O2. The molecule has 8 nitrogen and oxygen atoms in total. The zero-order valence-corrected chi connectivity index (χ0v) is 16.9. The summed E-state index contributed by atoms with van der Waals surface area (Å²) in [5.74, 6) is 1.19. The molecule has 0 atom stereocenters. The van der Waals surface area contributed by atoms with E-state index in [1.165, 1.54) is 0 Å². The van der Waals surface area contributed by atoms with Gasteiger partial charge in [-0.3, -0.25) is 0 Å². The summed E-state index contributed by atoms with van der Waals surface area (Å²) < 4.78 is 2.84. The topological polar surface area (TPSA) is 108 Å². The SMILES string of the molecule is Cn1cnc2c(NCc3cc(I)ccc3O)nc(NCC(C)(C)O)nc21. The molecule has 0 unspecified atom stereocenters. The Labute approximate surface area is 164 Å². The average Bonchev–Trinajstić information content (AvgIpc) is 2.94. The highest BCUT2D eigenvalue weighted by atomic mass is 127. The second-order valence-electron chi connectivity index (χ2n) is 6.72. The molecule has 0 spiro atoms. The van der Waals surface area contributed by atoms with E-state index < -0.39 is 5.60 Å². The number of aromatic nitrogens is 4. The number of fused-ring (bicyclic) bond motifs is 1. The van der Waals surface area contributed by atoms with Crippen LogP contribution in [0.1, 0.15) is 19.4 Å². The molecule has 0 aliphatic carbocycles. The molecule has 0 saturated heterocycles. The molecule has 138 valence electrons. The maximum absolute atomic E-state index is 10.0. The molecule has 2 aromatic heterocycles. The first kappa shape index (κ1) is 18.6. The van der Waals surface area contributed by atoms with Crippen molar-refractivity contribution in [2.45, 2.75) is 26.0 Å². The van der Waals surface area contributed by atoms with Crippen molar-refractivity contribution in [3.63, 3.8) is 0 Å². The Morgan fingerprint density at radius 1 is 1.23 bits per heavy atom. The van der Waals surface area contributed by atoms with Crippen LogP contribution >= 0.6 is 22.6 Å². The number of aliphatic hydroxyl groups is 1. The third-order valence-corrected chi connectivity index (χ3v) is 4.40. The zero-order chi connectivity index (χ0) is 18.9. The number of imidazole rings is 1. The number of hydrogen-bond acceptors (Lipinski definition) is 7. The molecule has 0 aliphatic heterocycles. The van der Waals surface area contributed by atoms with Crippen LogP contribution in [0, 0.1) is 3.57 Å². The molecule has 4 N–H and O–H groups in total. The number of rotatable bonds is 6. The molecule has 0 amide bonds. The normalized spacial score (nSPS) is 11.7. The first-order valence-corrected chi connectivity index (χ1v) is 9.17. The Balaban J connectivity index is 1.89. The summed E-state index contributed by atoms with van der Waals surface area (Å²) >= 11 is 2.20. The number of nitrogens with zero attached hydrogens (tertiary/aromatic N) is 4. The first-order valence-electron chi connectivity index (χ1n) is 8.09. The van der Waals surface area contributed by atoms with E-state index in [-0.39, 0.29) is 5.75 Å². The highest BCUT2D eigenvalue weighted by Gasteiger charge is 2.16. The van der Waals surface area contributed by atoms with Gasteiger partial charge in [0, 0.05) is 29.3 Å². The number of phenols is 1. The summed E-state index contributed by atoms with van der Waals surface area (Å²) in [5, 5.41) is 26.2. The minimum atomic E-state index is -0.884. The van der Waals surface area contributed by atoms with Crippen LogP contribution in [0.2, 0.25) is 0 Å². The minimum Gasteiger partial charge on any atom is -0.508 e. The van der Waals surface area contributed by atoms with Crippen molar-refractivity contribution in [1.29, 1.82) is 0 Å². The highest BCUT2D eigenvalue weighted by Crippen LogP contribution is 2.24. The fourth-order valence-electron chi connectivity index (χ4n) is 2.38. The Bertz CT molecular complexity index is 935. The zero-order valence-electron chi connectivity index (χ0n) is 14.8. The van der Waals surface area contributed by atoms with Gasteiger partial charge in [0.25, 0.3) is 0 Å². The maximum atomic E-state index is 10.0. The summed E-state index contributed by atoms with van der Waals surface area (Å²) in [6.45, 7) is 4.13. The van der Waals surface area contributed by atoms with Crippen LogP contribution in [0.5, 0.6) is 5.75 Å². The monoisotopic (exact) mass is 468 g/mol. The fourth-order valence-corrected chi connectivity index (χ4v) is 2.93.